The molecule has 7 heteroatoms. The highest BCUT2D eigenvalue weighted by Crippen LogP contribution is 2.34. The molecule has 1 aliphatic rings. The van der Waals surface area contributed by atoms with Crippen molar-refractivity contribution in [3.63, 3.8) is 0 Å². The summed E-state index contributed by atoms with van der Waals surface area (Å²) in [6.45, 7) is 3.27. The fourth-order valence-electron chi connectivity index (χ4n) is 3.65. The molecule has 6 nitrogen and oxygen atoms in total. The normalized spacial score (nSPS) is 18.2. The Hall–Kier alpha value is -1.76. The predicted octanol–water partition coefficient (Wildman–Crippen LogP) is 4.10. The van der Waals surface area contributed by atoms with E-state index in [0.717, 1.165) is 36.8 Å². The van der Waals surface area contributed by atoms with Gasteiger partial charge in [-0.05, 0) is 57.2 Å². The molecule has 154 valence electrons. The Morgan fingerprint density at radius 3 is 2.96 bits per heavy atom. The number of aliphatic hydroxyl groups excluding tert-OH is 1. The highest BCUT2D eigenvalue weighted by atomic mass is 35.5. The van der Waals surface area contributed by atoms with Crippen molar-refractivity contribution in [2.24, 2.45) is 7.05 Å². The minimum atomic E-state index is -0.459. The average molecular weight is 410 g/mol. The van der Waals surface area contributed by atoms with E-state index in [1.54, 1.807) is 36.7 Å². The number of halogens is 1. The van der Waals surface area contributed by atoms with Gasteiger partial charge in [-0.1, -0.05) is 11.6 Å². The van der Waals surface area contributed by atoms with E-state index in [4.69, 9.17) is 25.8 Å². The summed E-state index contributed by atoms with van der Waals surface area (Å²) < 4.78 is 18.5. The highest BCUT2D eigenvalue weighted by molar-refractivity contribution is 6.35. The summed E-state index contributed by atoms with van der Waals surface area (Å²) in [7, 11) is 1.79. The predicted molar refractivity (Wildman–Crippen MR) is 108 cm³/mol. The number of aliphatic hydroxyl groups is 1. The fourth-order valence-corrected chi connectivity index (χ4v) is 3.85. The molecule has 2 heterocycles. The van der Waals surface area contributed by atoms with Crippen molar-refractivity contribution in [3.8, 4) is 5.75 Å². The van der Waals surface area contributed by atoms with Gasteiger partial charge >= 0.3 is 5.97 Å². The van der Waals surface area contributed by atoms with Gasteiger partial charge < -0.3 is 23.9 Å². The third-order valence-corrected chi connectivity index (χ3v) is 5.46. The summed E-state index contributed by atoms with van der Waals surface area (Å²) in [5.41, 5.74) is 1.19. The van der Waals surface area contributed by atoms with E-state index < -0.39 is 6.10 Å². The monoisotopic (exact) mass is 409 g/mol. The molecule has 1 N–H and O–H groups in total. The number of hydrogen-bond donors (Lipinski definition) is 1. The quantitative estimate of drug-likeness (QED) is 0.525. The van der Waals surface area contributed by atoms with Crippen LogP contribution in [-0.2, 0) is 16.5 Å². The molecule has 1 aromatic heterocycles. The Morgan fingerprint density at radius 2 is 2.25 bits per heavy atom. The third kappa shape index (κ3) is 4.62. The Kier molecular flexibility index (Phi) is 7.21. The van der Waals surface area contributed by atoms with Crippen molar-refractivity contribution in [2.45, 2.75) is 51.2 Å². The van der Waals surface area contributed by atoms with Crippen LogP contribution in [0.1, 0.15) is 49.5 Å². The minimum absolute atomic E-state index is 0.0593. The molecule has 1 aromatic carbocycles. The fraction of sp³-hybridized carbons (Fsp3) is 0.571. The van der Waals surface area contributed by atoms with Gasteiger partial charge in [0.1, 0.15) is 11.4 Å². The lowest BCUT2D eigenvalue weighted by atomic mass is 10.0. The summed E-state index contributed by atoms with van der Waals surface area (Å²) in [6.07, 6.45) is 3.92. The number of carbonyl (C=O) groups excluding carboxylic acids is 1. The zero-order chi connectivity index (χ0) is 20.1. The average Bonchev–Trinajstić information content (AvgIpc) is 3.06. The van der Waals surface area contributed by atoms with Crippen LogP contribution in [0.25, 0.3) is 10.9 Å². The molecule has 2 unspecified atom stereocenters. The van der Waals surface area contributed by atoms with Gasteiger partial charge in [-0.2, -0.15) is 0 Å². The third-order valence-electron chi connectivity index (χ3n) is 5.14. The molecule has 28 heavy (non-hydrogen) atoms. The SMILES string of the molecule is CCOC(=O)c1cc2c(Cl)ccc(OCCCC(O)C3CCCCO3)c2n1C. The second kappa shape index (κ2) is 9.63. The largest absolute Gasteiger partial charge is 0.491 e. The maximum atomic E-state index is 12.2. The van der Waals surface area contributed by atoms with Crippen molar-refractivity contribution in [1.82, 2.24) is 4.57 Å². The van der Waals surface area contributed by atoms with E-state index in [-0.39, 0.29) is 12.1 Å². The van der Waals surface area contributed by atoms with E-state index in [1.807, 2.05) is 0 Å². The number of rotatable bonds is 8. The smallest absolute Gasteiger partial charge is 0.354 e. The lowest BCUT2D eigenvalue weighted by molar-refractivity contribution is -0.0654. The summed E-state index contributed by atoms with van der Waals surface area (Å²) in [4.78, 5) is 12.2. The van der Waals surface area contributed by atoms with Gasteiger partial charge in [0, 0.05) is 19.0 Å². The summed E-state index contributed by atoms with van der Waals surface area (Å²) in [6, 6.07) is 5.30. The van der Waals surface area contributed by atoms with Crippen LogP contribution in [0.15, 0.2) is 18.2 Å². The Morgan fingerprint density at radius 1 is 1.43 bits per heavy atom. The van der Waals surface area contributed by atoms with Gasteiger partial charge in [0.05, 0.1) is 36.0 Å². The highest BCUT2D eigenvalue weighted by Gasteiger charge is 2.22. The molecule has 0 saturated carbocycles. The lowest BCUT2D eigenvalue weighted by Crippen LogP contribution is -2.32. The number of aryl methyl sites for hydroxylation is 1. The molecule has 0 bridgehead atoms. The van der Waals surface area contributed by atoms with Crippen molar-refractivity contribution < 1.29 is 24.1 Å². The van der Waals surface area contributed by atoms with Gasteiger partial charge in [-0.25, -0.2) is 4.79 Å². The molecule has 0 radical (unpaired) electrons. The first-order valence-corrected chi connectivity index (χ1v) is 10.3. The second-order valence-corrected chi connectivity index (χ2v) is 7.49. The van der Waals surface area contributed by atoms with E-state index >= 15 is 0 Å². The molecule has 0 aliphatic carbocycles. The van der Waals surface area contributed by atoms with Crippen LogP contribution in [0.2, 0.25) is 5.02 Å². The number of carbonyl (C=O) groups is 1. The van der Waals surface area contributed by atoms with Crippen LogP contribution in [0.4, 0.5) is 0 Å². The molecule has 2 aromatic rings. The van der Waals surface area contributed by atoms with Gasteiger partial charge in [-0.3, -0.25) is 0 Å². The molecule has 0 spiro atoms. The summed E-state index contributed by atoms with van der Waals surface area (Å²) in [5, 5.41) is 11.6. The number of hydrogen-bond acceptors (Lipinski definition) is 5. The minimum Gasteiger partial charge on any atom is -0.491 e. The summed E-state index contributed by atoms with van der Waals surface area (Å²) in [5.74, 6) is 0.264. The standard InChI is InChI=1S/C21H28ClNO5/c1-3-26-21(25)16-13-14-15(22)9-10-19(20(14)23(16)2)28-12-6-7-17(24)18-8-4-5-11-27-18/h9-10,13,17-18,24H,3-8,11-12H2,1-2H3. The number of esters is 1. The Bertz CT molecular complexity index is 813. The zero-order valence-electron chi connectivity index (χ0n) is 16.4. The number of aromatic nitrogens is 1. The van der Waals surface area contributed by atoms with Crippen molar-refractivity contribution in [1.29, 1.82) is 0 Å². The number of nitrogens with zero attached hydrogens (tertiary/aromatic N) is 1. The van der Waals surface area contributed by atoms with E-state index in [2.05, 4.69) is 0 Å². The molecule has 0 amide bonds. The van der Waals surface area contributed by atoms with E-state index in [1.165, 1.54) is 0 Å². The maximum Gasteiger partial charge on any atom is 0.354 e. The van der Waals surface area contributed by atoms with E-state index in [0.29, 0.717) is 42.5 Å². The number of fused-ring (bicyclic) bond motifs is 1. The van der Waals surface area contributed by atoms with Gasteiger partial charge in [-0.15, -0.1) is 0 Å². The molecular weight excluding hydrogens is 382 g/mol. The molecule has 1 saturated heterocycles. The van der Waals surface area contributed by atoms with Gasteiger partial charge in [0.25, 0.3) is 0 Å². The van der Waals surface area contributed by atoms with Crippen LogP contribution in [0.3, 0.4) is 0 Å². The van der Waals surface area contributed by atoms with E-state index in [9.17, 15) is 9.90 Å². The molecule has 1 fully saturated rings. The maximum absolute atomic E-state index is 12.2. The van der Waals surface area contributed by atoms with Crippen LogP contribution < -0.4 is 4.74 Å². The second-order valence-electron chi connectivity index (χ2n) is 7.08. The first-order valence-electron chi connectivity index (χ1n) is 9.90. The lowest BCUT2D eigenvalue weighted by Gasteiger charge is -2.27. The molecule has 1 aliphatic heterocycles. The zero-order valence-corrected chi connectivity index (χ0v) is 17.2. The van der Waals surface area contributed by atoms with Gasteiger partial charge in [0.2, 0.25) is 0 Å². The first kappa shape index (κ1) is 21.0. The summed E-state index contributed by atoms with van der Waals surface area (Å²) >= 11 is 6.32. The van der Waals surface area contributed by atoms with Crippen molar-refractivity contribution in [3.05, 3.63) is 28.9 Å². The van der Waals surface area contributed by atoms with Crippen LogP contribution in [0, 0.1) is 0 Å². The van der Waals surface area contributed by atoms with Crippen LogP contribution in [0.5, 0.6) is 5.75 Å². The molecule has 2 atom stereocenters. The van der Waals surface area contributed by atoms with Crippen LogP contribution >= 0.6 is 11.6 Å². The number of benzene rings is 1. The first-order chi connectivity index (χ1) is 13.5. The van der Waals surface area contributed by atoms with Crippen LogP contribution in [-0.4, -0.2) is 47.7 Å². The molecular formula is C21H28ClNO5. The van der Waals surface area contributed by atoms with Crippen molar-refractivity contribution >= 4 is 28.5 Å². The molecule has 3 rings (SSSR count). The Labute approximate surface area is 170 Å². The Balaban J connectivity index is 1.66. The topological polar surface area (TPSA) is 69.9 Å². The number of ether oxygens (including phenoxy) is 3. The van der Waals surface area contributed by atoms with Crippen molar-refractivity contribution in [2.75, 3.05) is 19.8 Å². The van der Waals surface area contributed by atoms with Gasteiger partial charge in [0.15, 0.2) is 0 Å².